The van der Waals surface area contributed by atoms with Gasteiger partial charge >= 0.3 is 0 Å². The molecule has 2 atom stereocenters. The van der Waals surface area contributed by atoms with Crippen LogP contribution < -0.4 is 15.0 Å². The topological polar surface area (TPSA) is 140 Å². The highest BCUT2D eigenvalue weighted by molar-refractivity contribution is 6.31. The average molecular weight is 886 g/mol. The van der Waals surface area contributed by atoms with Gasteiger partial charge in [-0.3, -0.25) is 34.2 Å². The molecule has 4 fully saturated rings. The number of piperidine rings is 3. The van der Waals surface area contributed by atoms with E-state index in [0.717, 1.165) is 85.7 Å². The van der Waals surface area contributed by atoms with Crippen LogP contribution in [0.2, 0.25) is 5.02 Å². The zero-order chi connectivity index (χ0) is 45.2. The van der Waals surface area contributed by atoms with Gasteiger partial charge in [0.1, 0.15) is 29.8 Å². The molecule has 0 bridgehead atoms. The summed E-state index contributed by atoms with van der Waals surface area (Å²) in [5.74, 6) is 5.36. The van der Waals surface area contributed by atoms with Crippen molar-refractivity contribution in [1.29, 1.82) is 5.26 Å². The number of hydrogen-bond acceptors (Lipinski definition) is 9. The number of amides is 4. The zero-order valence-electron chi connectivity index (χ0n) is 36.8. The molecule has 4 amide bonds. The first kappa shape index (κ1) is 43.7. The summed E-state index contributed by atoms with van der Waals surface area (Å²) in [4.78, 5) is 69.5. The van der Waals surface area contributed by atoms with Crippen molar-refractivity contribution in [3.05, 3.63) is 92.8 Å². The molecule has 64 heavy (non-hydrogen) atoms. The van der Waals surface area contributed by atoms with E-state index in [1.807, 2.05) is 17.0 Å². The molecule has 0 aromatic heterocycles. The summed E-state index contributed by atoms with van der Waals surface area (Å²) in [6.45, 7) is 12.0. The van der Waals surface area contributed by atoms with Gasteiger partial charge in [-0.15, -0.1) is 0 Å². The van der Waals surface area contributed by atoms with E-state index < -0.39 is 35.5 Å². The van der Waals surface area contributed by atoms with E-state index in [-0.39, 0.29) is 64.2 Å². The summed E-state index contributed by atoms with van der Waals surface area (Å²) >= 11 is 6.29. The minimum absolute atomic E-state index is 0.0180. The predicted molar refractivity (Wildman–Crippen MR) is 238 cm³/mol. The lowest BCUT2D eigenvalue weighted by Crippen LogP contribution is -2.65. The van der Waals surface area contributed by atoms with Gasteiger partial charge in [0.05, 0.1) is 27.4 Å². The molecule has 0 spiro atoms. The van der Waals surface area contributed by atoms with Crippen molar-refractivity contribution in [1.82, 2.24) is 15.1 Å². The Bertz CT molecular complexity index is 2560. The molecule has 3 aromatic rings. The van der Waals surface area contributed by atoms with Crippen molar-refractivity contribution >= 4 is 46.7 Å². The summed E-state index contributed by atoms with van der Waals surface area (Å²) in [5.41, 5.74) is 3.35. The molecule has 1 saturated carbocycles. The molecule has 11 nitrogen and oxygen atoms in total. The van der Waals surface area contributed by atoms with Crippen LogP contribution in [0.1, 0.15) is 127 Å². The fourth-order valence-electron chi connectivity index (χ4n) is 12.1. The first-order valence-electron chi connectivity index (χ1n) is 22.6. The Morgan fingerprint density at radius 3 is 2.22 bits per heavy atom. The second-order valence-corrected chi connectivity index (χ2v) is 20.2. The number of carbonyl (C=O) groups excluding carboxylic acids is 5. The van der Waals surface area contributed by atoms with Gasteiger partial charge in [-0.05, 0) is 118 Å². The standard InChI is InChI=1S/C51H53ClFN5O6/c1-50(2)43(51(3,4)49(50)64-35-10-8-32(28-54)39(52)25-35)13-9-31-24-33-23-30(7-11-36(33)45(31)60)6-5-29-15-19-56(20-16-29)34-17-21-57(22-18-34)42-27-38-37(26-40(42)53)47(62)58(48(38)63)41-12-14-44(59)55-46(41)61/h7-8,10-11,23,25-27,29,31,34,41,43,49H,9,12-22,24H2,1-4H3,(H,55,59,61)/t31?,41?,43-,49-. The Kier molecular flexibility index (Phi) is 11.4. The van der Waals surface area contributed by atoms with Crippen molar-refractivity contribution < 1.29 is 33.1 Å². The number of Topliss-reactive ketones (excluding diaryl/α,β-unsaturated/α-hetero) is 1. The van der Waals surface area contributed by atoms with Crippen molar-refractivity contribution in [2.45, 2.75) is 104 Å². The molecule has 2 aliphatic carbocycles. The Balaban J connectivity index is 0.746. The third-order valence-corrected chi connectivity index (χ3v) is 15.6. The van der Waals surface area contributed by atoms with Gasteiger partial charge in [0.25, 0.3) is 11.8 Å². The minimum Gasteiger partial charge on any atom is -0.489 e. The van der Waals surface area contributed by atoms with Crippen LogP contribution >= 0.6 is 11.6 Å². The monoisotopic (exact) mass is 885 g/mol. The normalized spacial score (nSPS) is 25.5. The lowest BCUT2D eigenvalue weighted by Gasteiger charge is -2.63. The molecule has 3 aromatic carbocycles. The molecule has 1 N–H and O–H groups in total. The molecule has 3 saturated heterocycles. The molecule has 6 aliphatic rings. The number of nitrogens with one attached hydrogen (secondary N) is 1. The van der Waals surface area contributed by atoms with Crippen molar-refractivity contribution in [3.63, 3.8) is 0 Å². The number of likely N-dealkylation sites (tertiary alicyclic amines) is 1. The second kappa shape index (κ2) is 16.8. The fourth-order valence-corrected chi connectivity index (χ4v) is 12.3. The van der Waals surface area contributed by atoms with E-state index >= 15 is 4.39 Å². The van der Waals surface area contributed by atoms with Crippen molar-refractivity contribution in [3.8, 4) is 23.7 Å². The number of fused-ring (bicyclic) bond motifs is 2. The minimum atomic E-state index is -1.10. The van der Waals surface area contributed by atoms with Crippen LogP contribution in [0.3, 0.4) is 0 Å². The Morgan fingerprint density at radius 2 is 1.55 bits per heavy atom. The van der Waals surface area contributed by atoms with Crippen LogP contribution in [-0.4, -0.2) is 83.6 Å². The van der Waals surface area contributed by atoms with E-state index in [2.05, 4.69) is 61.9 Å². The Labute approximate surface area is 378 Å². The smallest absolute Gasteiger partial charge is 0.262 e. The number of ketones is 1. The third-order valence-electron chi connectivity index (χ3n) is 15.3. The maximum atomic E-state index is 15.5. The highest BCUT2D eigenvalue weighted by Crippen LogP contribution is 2.62. The molecule has 4 heterocycles. The molecule has 9 rings (SSSR count). The van der Waals surface area contributed by atoms with E-state index in [0.29, 0.717) is 41.4 Å². The van der Waals surface area contributed by atoms with Crippen molar-refractivity contribution in [2.75, 3.05) is 31.1 Å². The first-order valence-corrected chi connectivity index (χ1v) is 23.0. The second-order valence-electron chi connectivity index (χ2n) is 19.8. The lowest BCUT2D eigenvalue weighted by atomic mass is 9.44. The van der Waals surface area contributed by atoms with Crippen LogP contribution in [0.4, 0.5) is 10.1 Å². The van der Waals surface area contributed by atoms with E-state index in [4.69, 9.17) is 16.3 Å². The molecular weight excluding hydrogens is 833 g/mol. The number of halogens is 2. The number of nitriles is 1. The number of carbonyl (C=O) groups is 5. The van der Waals surface area contributed by atoms with Crippen LogP contribution in [0.5, 0.6) is 5.75 Å². The number of rotatable bonds is 8. The predicted octanol–water partition coefficient (Wildman–Crippen LogP) is 7.75. The molecule has 0 radical (unpaired) electrons. The number of nitrogens with zero attached hydrogens (tertiary/aromatic N) is 4. The molecule has 332 valence electrons. The molecule has 13 heteroatoms. The van der Waals surface area contributed by atoms with Gasteiger partial charge in [-0.2, -0.15) is 5.26 Å². The number of hydrogen-bond donors (Lipinski definition) is 1. The summed E-state index contributed by atoms with van der Waals surface area (Å²) < 4.78 is 22.0. The number of anilines is 1. The van der Waals surface area contributed by atoms with E-state index in [1.165, 1.54) is 6.07 Å². The summed E-state index contributed by atoms with van der Waals surface area (Å²) in [5, 5.41) is 11.8. The number of ether oxygens (including phenoxy) is 1. The average Bonchev–Trinajstić information content (AvgIpc) is 3.71. The van der Waals surface area contributed by atoms with Crippen LogP contribution in [0.15, 0.2) is 48.5 Å². The highest BCUT2D eigenvalue weighted by atomic mass is 35.5. The zero-order valence-corrected chi connectivity index (χ0v) is 37.5. The van der Waals surface area contributed by atoms with Gasteiger partial charge in [-0.25, -0.2) is 4.39 Å². The van der Waals surface area contributed by atoms with Gasteiger partial charge in [0, 0.05) is 65.4 Å². The lowest BCUT2D eigenvalue weighted by molar-refractivity contribution is -0.201. The largest absolute Gasteiger partial charge is 0.489 e. The van der Waals surface area contributed by atoms with Gasteiger partial charge < -0.3 is 14.5 Å². The van der Waals surface area contributed by atoms with Crippen LogP contribution in [0.25, 0.3) is 0 Å². The number of imide groups is 2. The highest BCUT2D eigenvalue weighted by Gasteiger charge is 2.63. The SMILES string of the molecule is CC1(C)[C@H](CCC2Cc3cc(C#CC4CCN(C5CCN(c6cc7c(cc6F)C(=O)N(C6CCC(=O)NC6=O)C7=O)CC5)CC4)ccc3C2=O)C(C)(C)[C@H]1Oc1ccc(C#N)c(Cl)c1. The van der Waals surface area contributed by atoms with Crippen molar-refractivity contribution in [2.24, 2.45) is 28.6 Å². The summed E-state index contributed by atoms with van der Waals surface area (Å²) in [6, 6.07) is 15.2. The first-order chi connectivity index (χ1) is 30.5. The van der Waals surface area contributed by atoms with Crippen LogP contribution in [0, 0.1) is 57.6 Å². The van der Waals surface area contributed by atoms with Gasteiger partial charge in [0.2, 0.25) is 11.8 Å². The number of benzene rings is 3. The Hall–Kier alpha value is -5.56. The maximum absolute atomic E-state index is 15.5. The van der Waals surface area contributed by atoms with E-state index in [1.54, 1.807) is 18.2 Å². The fraction of sp³-hybridized carbons (Fsp3) is 0.490. The third kappa shape index (κ3) is 7.77. The summed E-state index contributed by atoms with van der Waals surface area (Å²) in [7, 11) is 0. The van der Waals surface area contributed by atoms with Gasteiger partial charge in [0.15, 0.2) is 5.78 Å². The maximum Gasteiger partial charge on any atom is 0.262 e. The van der Waals surface area contributed by atoms with Gasteiger partial charge in [-0.1, -0.05) is 51.1 Å². The molecular formula is C51H53ClFN5O6. The summed E-state index contributed by atoms with van der Waals surface area (Å²) in [6.07, 6.45) is 6.08. The van der Waals surface area contributed by atoms with E-state index in [9.17, 15) is 29.2 Å². The Morgan fingerprint density at radius 1 is 0.844 bits per heavy atom. The molecule has 4 aliphatic heterocycles. The molecule has 2 unspecified atom stereocenters. The van der Waals surface area contributed by atoms with Crippen LogP contribution in [-0.2, 0) is 16.0 Å². The quantitative estimate of drug-likeness (QED) is 0.178.